The van der Waals surface area contributed by atoms with Gasteiger partial charge in [0.05, 0.1) is 13.2 Å². The third kappa shape index (κ3) is 4.95. The van der Waals surface area contributed by atoms with Crippen molar-refractivity contribution >= 4 is 11.8 Å². The number of carbonyl (C=O) groups excluding carboxylic acids is 2. The van der Waals surface area contributed by atoms with E-state index >= 15 is 0 Å². The molecule has 1 aromatic rings. The SMILES string of the molecule is O=C(CCCOc1ccccc1)N1CCCC(N2CCNCC2=O)C1. The Morgan fingerprint density at radius 3 is 2.88 bits per heavy atom. The summed E-state index contributed by atoms with van der Waals surface area (Å²) in [5.74, 6) is 1.16. The maximum atomic E-state index is 12.5. The molecule has 3 rings (SSSR count). The average Bonchev–Trinajstić information content (AvgIpc) is 2.66. The zero-order valence-electron chi connectivity index (χ0n) is 14.7. The van der Waals surface area contributed by atoms with Gasteiger partial charge in [-0.2, -0.15) is 0 Å². The molecule has 0 aromatic heterocycles. The minimum Gasteiger partial charge on any atom is -0.494 e. The molecule has 0 radical (unpaired) electrons. The van der Waals surface area contributed by atoms with Crippen LogP contribution in [-0.4, -0.2) is 67.0 Å². The number of hydrogen-bond acceptors (Lipinski definition) is 4. The van der Waals surface area contributed by atoms with Gasteiger partial charge in [-0.1, -0.05) is 18.2 Å². The smallest absolute Gasteiger partial charge is 0.236 e. The summed E-state index contributed by atoms with van der Waals surface area (Å²) < 4.78 is 5.64. The van der Waals surface area contributed by atoms with Crippen LogP contribution in [0.25, 0.3) is 0 Å². The number of piperazine rings is 1. The second-order valence-corrected chi connectivity index (χ2v) is 6.66. The van der Waals surface area contributed by atoms with E-state index in [1.54, 1.807) is 0 Å². The molecule has 1 aromatic carbocycles. The predicted molar refractivity (Wildman–Crippen MR) is 95.4 cm³/mol. The highest BCUT2D eigenvalue weighted by molar-refractivity contribution is 5.80. The van der Waals surface area contributed by atoms with Crippen molar-refractivity contribution in [3.05, 3.63) is 30.3 Å². The van der Waals surface area contributed by atoms with E-state index in [-0.39, 0.29) is 17.9 Å². The molecule has 2 aliphatic rings. The van der Waals surface area contributed by atoms with E-state index < -0.39 is 0 Å². The van der Waals surface area contributed by atoms with Crippen LogP contribution in [0.5, 0.6) is 5.75 Å². The van der Waals surface area contributed by atoms with E-state index in [9.17, 15) is 9.59 Å². The number of nitrogens with one attached hydrogen (secondary N) is 1. The molecule has 2 aliphatic heterocycles. The summed E-state index contributed by atoms with van der Waals surface area (Å²) in [4.78, 5) is 28.4. The van der Waals surface area contributed by atoms with Gasteiger partial charge in [0, 0.05) is 38.6 Å². The van der Waals surface area contributed by atoms with E-state index in [4.69, 9.17) is 4.74 Å². The summed E-state index contributed by atoms with van der Waals surface area (Å²) in [5.41, 5.74) is 0. The monoisotopic (exact) mass is 345 g/mol. The van der Waals surface area contributed by atoms with E-state index in [0.29, 0.717) is 32.5 Å². The summed E-state index contributed by atoms with van der Waals surface area (Å²) in [7, 11) is 0. The quantitative estimate of drug-likeness (QED) is 0.789. The third-order valence-electron chi connectivity index (χ3n) is 4.86. The van der Waals surface area contributed by atoms with E-state index in [1.165, 1.54) is 0 Å². The van der Waals surface area contributed by atoms with Crippen LogP contribution in [0.3, 0.4) is 0 Å². The number of benzene rings is 1. The highest BCUT2D eigenvalue weighted by Gasteiger charge is 2.31. The number of rotatable bonds is 6. The Bertz CT molecular complexity index is 579. The Balaban J connectivity index is 1.41. The van der Waals surface area contributed by atoms with E-state index in [2.05, 4.69) is 5.32 Å². The first-order chi connectivity index (χ1) is 12.2. The number of hydrogen-bond donors (Lipinski definition) is 1. The standard InChI is InChI=1S/C19H27N3O3/c23-18(9-5-13-25-17-7-2-1-3-8-17)21-11-4-6-16(15-21)22-12-10-20-14-19(22)24/h1-3,7-8,16,20H,4-6,9-15H2. The molecular formula is C19H27N3O3. The lowest BCUT2D eigenvalue weighted by molar-refractivity contribution is -0.140. The number of amides is 2. The number of likely N-dealkylation sites (tertiary alicyclic amines) is 1. The van der Waals surface area contributed by atoms with Gasteiger partial charge in [-0.15, -0.1) is 0 Å². The molecule has 1 N–H and O–H groups in total. The molecule has 0 saturated carbocycles. The first-order valence-corrected chi connectivity index (χ1v) is 9.20. The summed E-state index contributed by atoms with van der Waals surface area (Å²) in [6.07, 6.45) is 3.16. The van der Waals surface area contributed by atoms with Crippen molar-refractivity contribution in [2.45, 2.75) is 31.7 Å². The fourth-order valence-electron chi connectivity index (χ4n) is 3.53. The Hall–Kier alpha value is -2.08. The molecule has 6 heteroatoms. The van der Waals surface area contributed by atoms with Crippen molar-refractivity contribution in [1.29, 1.82) is 0 Å². The molecular weight excluding hydrogens is 318 g/mol. The summed E-state index contributed by atoms with van der Waals surface area (Å²) in [6.45, 7) is 4.02. The number of nitrogens with zero attached hydrogens (tertiary/aromatic N) is 2. The molecule has 2 fully saturated rings. The van der Waals surface area contributed by atoms with Crippen LogP contribution in [0, 0.1) is 0 Å². The number of para-hydroxylation sites is 1. The molecule has 0 aliphatic carbocycles. The van der Waals surface area contributed by atoms with Gasteiger partial charge >= 0.3 is 0 Å². The highest BCUT2D eigenvalue weighted by atomic mass is 16.5. The Kier molecular flexibility index (Phi) is 6.28. The summed E-state index contributed by atoms with van der Waals surface area (Å²) >= 11 is 0. The van der Waals surface area contributed by atoms with Crippen LogP contribution < -0.4 is 10.1 Å². The van der Waals surface area contributed by atoms with Crippen LogP contribution in [-0.2, 0) is 9.59 Å². The van der Waals surface area contributed by atoms with Crippen molar-refractivity contribution in [1.82, 2.24) is 15.1 Å². The molecule has 0 spiro atoms. The fourth-order valence-corrected chi connectivity index (χ4v) is 3.53. The summed E-state index contributed by atoms with van der Waals surface area (Å²) in [5, 5.41) is 3.10. The first kappa shape index (κ1) is 17.7. The van der Waals surface area contributed by atoms with Gasteiger partial charge in [0.2, 0.25) is 11.8 Å². The summed E-state index contributed by atoms with van der Waals surface area (Å²) in [6, 6.07) is 9.83. The average molecular weight is 345 g/mol. The van der Waals surface area contributed by atoms with Crippen molar-refractivity contribution < 1.29 is 14.3 Å². The van der Waals surface area contributed by atoms with Crippen LogP contribution >= 0.6 is 0 Å². The van der Waals surface area contributed by atoms with E-state index in [0.717, 1.165) is 38.2 Å². The Morgan fingerprint density at radius 1 is 1.24 bits per heavy atom. The molecule has 25 heavy (non-hydrogen) atoms. The molecule has 1 unspecified atom stereocenters. The minimum absolute atomic E-state index is 0.154. The Morgan fingerprint density at radius 2 is 2.08 bits per heavy atom. The lowest BCUT2D eigenvalue weighted by atomic mass is 10.0. The number of piperidine rings is 1. The van der Waals surface area contributed by atoms with Crippen molar-refractivity contribution in [2.75, 3.05) is 39.3 Å². The predicted octanol–water partition coefficient (Wildman–Crippen LogP) is 1.27. The van der Waals surface area contributed by atoms with Gasteiger partial charge in [0.25, 0.3) is 0 Å². The van der Waals surface area contributed by atoms with Gasteiger partial charge in [0.1, 0.15) is 5.75 Å². The second-order valence-electron chi connectivity index (χ2n) is 6.66. The minimum atomic E-state index is 0.154. The largest absolute Gasteiger partial charge is 0.494 e. The molecule has 2 saturated heterocycles. The second kappa shape index (κ2) is 8.85. The van der Waals surface area contributed by atoms with Crippen LogP contribution in [0.15, 0.2) is 30.3 Å². The fraction of sp³-hybridized carbons (Fsp3) is 0.579. The number of ether oxygens (including phenoxy) is 1. The molecule has 136 valence electrons. The topological polar surface area (TPSA) is 61.9 Å². The highest BCUT2D eigenvalue weighted by Crippen LogP contribution is 2.18. The lowest BCUT2D eigenvalue weighted by Gasteiger charge is -2.41. The normalized spacial score (nSPS) is 21.3. The molecule has 6 nitrogen and oxygen atoms in total. The van der Waals surface area contributed by atoms with Crippen LogP contribution in [0.4, 0.5) is 0 Å². The third-order valence-corrected chi connectivity index (χ3v) is 4.86. The molecule has 0 bridgehead atoms. The van der Waals surface area contributed by atoms with Crippen molar-refractivity contribution in [3.8, 4) is 5.75 Å². The van der Waals surface area contributed by atoms with Gasteiger partial charge in [-0.3, -0.25) is 9.59 Å². The zero-order chi connectivity index (χ0) is 17.5. The molecule has 1 atom stereocenters. The van der Waals surface area contributed by atoms with E-state index in [1.807, 2.05) is 40.1 Å². The zero-order valence-corrected chi connectivity index (χ0v) is 14.7. The van der Waals surface area contributed by atoms with Gasteiger partial charge in [-0.05, 0) is 31.4 Å². The van der Waals surface area contributed by atoms with Gasteiger partial charge < -0.3 is 19.9 Å². The first-order valence-electron chi connectivity index (χ1n) is 9.20. The number of carbonyl (C=O) groups is 2. The maximum absolute atomic E-state index is 12.5. The van der Waals surface area contributed by atoms with Gasteiger partial charge in [0.15, 0.2) is 0 Å². The Labute approximate surface area is 149 Å². The van der Waals surface area contributed by atoms with Crippen LogP contribution in [0.1, 0.15) is 25.7 Å². The van der Waals surface area contributed by atoms with Crippen molar-refractivity contribution in [2.24, 2.45) is 0 Å². The lowest BCUT2D eigenvalue weighted by Crippen LogP contribution is -2.57. The molecule has 2 amide bonds. The van der Waals surface area contributed by atoms with Gasteiger partial charge in [-0.25, -0.2) is 0 Å². The molecule has 2 heterocycles. The van der Waals surface area contributed by atoms with Crippen molar-refractivity contribution in [3.63, 3.8) is 0 Å². The maximum Gasteiger partial charge on any atom is 0.236 e. The van der Waals surface area contributed by atoms with Crippen LogP contribution in [0.2, 0.25) is 0 Å².